The summed E-state index contributed by atoms with van der Waals surface area (Å²) >= 11 is 0. The van der Waals surface area contributed by atoms with Crippen LogP contribution in [0.25, 0.3) is 0 Å². The summed E-state index contributed by atoms with van der Waals surface area (Å²) < 4.78 is 24.2. The first-order chi connectivity index (χ1) is 11.5. The Hall–Kier alpha value is -2.56. The molecule has 0 unspecified atom stereocenters. The van der Waals surface area contributed by atoms with Crippen molar-refractivity contribution in [1.82, 2.24) is 4.90 Å². The Kier molecular flexibility index (Phi) is 6.18. The van der Waals surface area contributed by atoms with Crippen molar-refractivity contribution in [2.24, 2.45) is 0 Å². The van der Waals surface area contributed by atoms with Gasteiger partial charge in [-0.15, -0.1) is 0 Å². The van der Waals surface area contributed by atoms with E-state index in [1.165, 1.54) is 11.0 Å². The summed E-state index contributed by atoms with van der Waals surface area (Å²) in [5.41, 5.74) is 1.41. The van der Waals surface area contributed by atoms with Gasteiger partial charge in [-0.05, 0) is 36.2 Å². The van der Waals surface area contributed by atoms with E-state index in [4.69, 9.17) is 9.47 Å². The van der Waals surface area contributed by atoms with Crippen molar-refractivity contribution in [3.63, 3.8) is 0 Å². The number of carbonyl (C=O) groups excluding carboxylic acids is 1. The first kappa shape index (κ1) is 17.8. The number of hydrogen-bond donors (Lipinski definition) is 0. The molecule has 2 aromatic carbocycles. The Bertz CT molecular complexity index is 703. The van der Waals surface area contributed by atoms with E-state index < -0.39 is 0 Å². The van der Waals surface area contributed by atoms with Gasteiger partial charge in [0.1, 0.15) is 17.3 Å². The Morgan fingerprint density at radius 2 is 1.83 bits per heavy atom. The minimum atomic E-state index is -0.299. The van der Waals surface area contributed by atoms with Crippen LogP contribution in [0, 0.1) is 5.82 Å². The summed E-state index contributed by atoms with van der Waals surface area (Å²) in [6.07, 6.45) is 0.843. The quantitative estimate of drug-likeness (QED) is 0.780. The fourth-order valence-electron chi connectivity index (χ4n) is 2.48. The Morgan fingerprint density at radius 1 is 1.08 bits per heavy atom. The molecule has 0 heterocycles. The molecule has 1 amide bonds. The third kappa shape index (κ3) is 4.47. The average molecular weight is 331 g/mol. The van der Waals surface area contributed by atoms with Gasteiger partial charge in [-0.25, -0.2) is 4.39 Å². The van der Waals surface area contributed by atoms with Crippen molar-refractivity contribution in [2.45, 2.75) is 19.4 Å². The van der Waals surface area contributed by atoms with Crippen LogP contribution in [0.5, 0.6) is 11.5 Å². The summed E-state index contributed by atoms with van der Waals surface area (Å²) in [6.45, 7) is 0.251. The minimum Gasteiger partial charge on any atom is -0.497 e. The van der Waals surface area contributed by atoms with E-state index in [1.54, 1.807) is 39.5 Å². The molecule has 0 N–H and O–H groups in total. The van der Waals surface area contributed by atoms with Gasteiger partial charge in [-0.1, -0.05) is 18.2 Å². The van der Waals surface area contributed by atoms with Crippen LogP contribution >= 0.6 is 0 Å². The molecule has 0 saturated carbocycles. The Morgan fingerprint density at radius 3 is 2.50 bits per heavy atom. The Balaban J connectivity index is 1.98. The fraction of sp³-hybridized carbons (Fsp3) is 0.316. The lowest BCUT2D eigenvalue weighted by atomic mass is 10.1. The first-order valence-electron chi connectivity index (χ1n) is 7.73. The highest BCUT2D eigenvalue weighted by atomic mass is 19.1. The van der Waals surface area contributed by atoms with Gasteiger partial charge in [0.2, 0.25) is 5.91 Å². The van der Waals surface area contributed by atoms with Gasteiger partial charge in [0, 0.05) is 25.6 Å². The van der Waals surface area contributed by atoms with Gasteiger partial charge in [0.05, 0.1) is 14.2 Å². The maximum Gasteiger partial charge on any atom is 0.222 e. The molecule has 0 spiro atoms. The van der Waals surface area contributed by atoms with Gasteiger partial charge < -0.3 is 14.4 Å². The van der Waals surface area contributed by atoms with E-state index in [1.807, 2.05) is 18.2 Å². The standard InChI is InChI=1S/C19H22FNO3/c1-21(13-15-6-4-5-7-17(15)20)19(22)11-8-14-12-16(23-2)9-10-18(14)24-3/h4-7,9-10,12H,8,11,13H2,1-3H3. The summed E-state index contributed by atoms with van der Waals surface area (Å²) in [5, 5.41) is 0. The lowest BCUT2D eigenvalue weighted by Gasteiger charge is -2.18. The molecular formula is C19H22FNO3. The summed E-state index contributed by atoms with van der Waals surface area (Å²) in [6, 6.07) is 12.0. The first-order valence-corrected chi connectivity index (χ1v) is 7.73. The SMILES string of the molecule is COc1ccc(OC)c(CCC(=O)N(C)Cc2ccccc2F)c1. The highest BCUT2D eigenvalue weighted by Gasteiger charge is 2.13. The van der Waals surface area contributed by atoms with Crippen LogP contribution in [0.2, 0.25) is 0 Å². The maximum atomic E-state index is 13.7. The smallest absolute Gasteiger partial charge is 0.222 e. The van der Waals surface area contributed by atoms with Crippen molar-refractivity contribution >= 4 is 5.91 Å². The molecule has 0 atom stereocenters. The molecule has 0 aromatic heterocycles. The van der Waals surface area contributed by atoms with E-state index in [0.29, 0.717) is 18.4 Å². The second-order valence-electron chi connectivity index (χ2n) is 5.52. The zero-order chi connectivity index (χ0) is 17.5. The number of halogens is 1. The van der Waals surface area contributed by atoms with Crippen molar-refractivity contribution in [3.8, 4) is 11.5 Å². The zero-order valence-corrected chi connectivity index (χ0v) is 14.2. The molecule has 0 bridgehead atoms. The van der Waals surface area contributed by atoms with Crippen molar-refractivity contribution < 1.29 is 18.7 Å². The molecule has 2 aromatic rings. The molecule has 24 heavy (non-hydrogen) atoms. The van der Waals surface area contributed by atoms with Crippen LogP contribution in [0.1, 0.15) is 17.5 Å². The minimum absolute atomic E-state index is 0.0527. The largest absolute Gasteiger partial charge is 0.497 e. The van der Waals surface area contributed by atoms with Gasteiger partial charge in [0.25, 0.3) is 0 Å². The van der Waals surface area contributed by atoms with E-state index in [0.717, 1.165) is 17.1 Å². The number of ether oxygens (including phenoxy) is 2. The molecule has 0 aliphatic rings. The second-order valence-corrected chi connectivity index (χ2v) is 5.52. The van der Waals surface area contributed by atoms with Gasteiger partial charge in [-0.2, -0.15) is 0 Å². The normalized spacial score (nSPS) is 10.3. The molecule has 4 nitrogen and oxygen atoms in total. The van der Waals surface area contributed by atoms with E-state index in [2.05, 4.69) is 0 Å². The molecule has 0 aliphatic carbocycles. The molecule has 0 radical (unpaired) electrons. The molecule has 0 saturated heterocycles. The van der Waals surface area contributed by atoms with Gasteiger partial charge in [0.15, 0.2) is 0 Å². The third-order valence-electron chi connectivity index (χ3n) is 3.89. The van der Waals surface area contributed by atoms with Crippen LogP contribution < -0.4 is 9.47 Å². The highest BCUT2D eigenvalue weighted by molar-refractivity contribution is 5.76. The summed E-state index contributed by atoms with van der Waals surface area (Å²) in [5.74, 6) is 1.09. The van der Waals surface area contributed by atoms with Crippen LogP contribution in [-0.2, 0) is 17.8 Å². The summed E-state index contributed by atoms with van der Waals surface area (Å²) in [7, 11) is 4.87. The predicted octanol–water partition coefficient (Wildman–Crippen LogP) is 3.43. The average Bonchev–Trinajstić information content (AvgIpc) is 2.61. The van der Waals surface area contributed by atoms with E-state index in [-0.39, 0.29) is 18.3 Å². The highest BCUT2D eigenvalue weighted by Crippen LogP contribution is 2.25. The molecule has 5 heteroatoms. The zero-order valence-electron chi connectivity index (χ0n) is 14.2. The van der Waals surface area contributed by atoms with Gasteiger partial charge >= 0.3 is 0 Å². The van der Waals surface area contributed by atoms with Crippen molar-refractivity contribution in [3.05, 3.63) is 59.4 Å². The number of hydrogen-bond acceptors (Lipinski definition) is 3. The Labute approximate surface area is 141 Å². The number of benzene rings is 2. The molecule has 128 valence electrons. The van der Waals surface area contributed by atoms with E-state index in [9.17, 15) is 9.18 Å². The predicted molar refractivity (Wildman–Crippen MR) is 90.7 cm³/mol. The number of rotatable bonds is 7. The third-order valence-corrected chi connectivity index (χ3v) is 3.89. The topological polar surface area (TPSA) is 38.8 Å². The lowest BCUT2D eigenvalue weighted by molar-refractivity contribution is -0.130. The van der Waals surface area contributed by atoms with Crippen LogP contribution in [0.3, 0.4) is 0 Å². The summed E-state index contributed by atoms with van der Waals surface area (Å²) in [4.78, 5) is 13.9. The fourth-order valence-corrected chi connectivity index (χ4v) is 2.48. The monoisotopic (exact) mass is 331 g/mol. The van der Waals surface area contributed by atoms with E-state index >= 15 is 0 Å². The molecule has 2 rings (SSSR count). The van der Waals surface area contributed by atoms with Crippen LogP contribution in [-0.4, -0.2) is 32.1 Å². The number of nitrogens with zero attached hydrogens (tertiary/aromatic N) is 1. The second kappa shape index (κ2) is 8.34. The van der Waals surface area contributed by atoms with Crippen LogP contribution in [0.4, 0.5) is 4.39 Å². The number of carbonyl (C=O) groups is 1. The lowest BCUT2D eigenvalue weighted by Crippen LogP contribution is -2.26. The maximum absolute atomic E-state index is 13.7. The number of amides is 1. The molecular weight excluding hydrogens is 309 g/mol. The molecule has 0 aliphatic heterocycles. The molecule has 0 fully saturated rings. The van der Waals surface area contributed by atoms with Crippen LogP contribution in [0.15, 0.2) is 42.5 Å². The van der Waals surface area contributed by atoms with Gasteiger partial charge in [-0.3, -0.25) is 4.79 Å². The van der Waals surface area contributed by atoms with Crippen molar-refractivity contribution in [2.75, 3.05) is 21.3 Å². The van der Waals surface area contributed by atoms with Crippen molar-refractivity contribution in [1.29, 1.82) is 0 Å². The number of methoxy groups -OCH3 is 2. The number of aryl methyl sites for hydroxylation is 1.